The predicted molar refractivity (Wildman–Crippen MR) is 94.6 cm³/mol. The van der Waals surface area contributed by atoms with E-state index in [4.69, 9.17) is 4.74 Å². The number of carbonyl (C=O) groups is 1. The maximum atomic E-state index is 11.5. The van der Waals surface area contributed by atoms with Gasteiger partial charge in [0.1, 0.15) is 18.0 Å². The molecule has 132 valence electrons. The Morgan fingerprint density at radius 2 is 2.00 bits per heavy atom. The highest BCUT2D eigenvalue weighted by Gasteiger charge is 2.38. The third kappa shape index (κ3) is 4.01. The molecule has 0 aliphatic carbocycles. The Kier molecular flexibility index (Phi) is 5.39. The largest absolute Gasteiger partial charge is 0.475 e. The number of ether oxygens (including phenoxy) is 1. The molecule has 1 fully saturated rings. The Hall–Kier alpha value is -1.93. The SMILES string of the molecule is CC(=O)c1cccc(-c2ccc(O[C@H]3SC[C@@H](O)[C@H](O)[C@H]3O)cn2)c1. The Bertz CT molecular complexity index is 751. The lowest BCUT2D eigenvalue weighted by Crippen LogP contribution is -2.50. The van der Waals surface area contributed by atoms with E-state index in [1.54, 1.807) is 30.3 Å². The van der Waals surface area contributed by atoms with E-state index >= 15 is 0 Å². The van der Waals surface area contributed by atoms with Crippen molar-refractivity contribution in [2.75, 3.05) is 5.75 Å². The monoisotopic (exact) mass is 361 g/mol. The molecular formula is C18H19NO5S. The lowest BCUT2D eigenvalue weighted by atomic mass is 10.1. The van der Waals surface area contributed by atoms with E-state index in [0.717, 1.165) is 5.56 Å². The van der Waals surface area contributed by atoms with Gasteiger partial charge in [0.05, 0.1) is 18.0 Å². The maximum absolute atomic E-state index is 11.5. The number of rotatable bonds is 4. The van der Waals surface area contributed by atoms with Gasteiger partial charge in [0, 0.05) is 16.9 Å². The summed E-state index contributed by atoms with van der Waals surface area (Å²) in [5, 5.41) is 29.2. The van der Waals surface area contributed by atoms with Crippen molar-refractivity contribution in [1.29, 1.82) is 0 Å². The highest BCUT2D eigenvalue weighted by molar-refractivity contribution is 7.99. The van der Waals surface area contributed by atoms with Gasteiger partial charge in [-0.2, -0.15) is 0 Å². The minimum atomic E-state index is -1.23. The van der Waals surface area contributed by atoms with E-state index in [2.05, 4.69) is 4.98 Å². The van der Waals surface area contributed by atoms with Crippen LogP contribution in [0.5, 0.6) is 5.75 Å². The standard InChI is InChI=1S/C18H19NO5S/c1-10(20)11-3-2-4-12(7-11)14-6-5-13(8-19-14)24-18-17(23)16(22)15(21)9-25-18/h2-8,15-18,21-23H,9H2,1H3/t15-,16+,17-,18+/m1/s1. The van der Waals surface area contributed by atoms with Gasteiger partial charge in [0.15, 0.2) is 11.2 Å². The van der Waals surface area contributed by atoms with Gasteiger partial charge in [-0.05, 0) is 25.1 Å². The van der Waals surface area contributed by atoms with Crippen LogP contribution in [0, 0.1) is 0 Å². The summed E-state index contributed by atoms with van der Waals surface area (Å²) >= 11 is 1.24. The van der Waals surface area contributed by atoms with Gasteiger partial charge in [-0.25, -0.2) is 0 Å². The summed E-state index contributed by atoms with van der Waals surface area (Å²) in [7, 11) is 0. The van der Waals surface area contributed by atoms with E-state index in [1.807, 2.05) is 6.07 Å². The van der Waals surface area contributed by atoms with Crippen LogP contribution < -0.4 is 4.74 Å². The van der Waals surface area contributed by atoms with Crippen molar-refractivity contribution in [2.24, 2.45) is 0 Å². The zero-order valence-corrected chi connectivity index (χ0v) is 14.4. The Balaban J connectivity index is 1.72. The van der Waals surface area contributed by atoms with Crippen LogP contribution in [0.2, 0.25) is 0 Å². The summed E-state index contributed by atoms with van der Waals surface area (Å²) in [5.74, 6) is 0.726. The van der Waals surface area contributed by atoms with Crippen molar-refractivity contribution in [1.82, 2.24) is 4.98 Å². The van der Waals surface area contributed by atoms with Crippen LogP contribution in [0.25, 0.3) is 11.3 Å². The van der Waals surface area contributed by atoms with E-state index < -0.39 is 23.7 Å². The van der Waals surface area contributed by atoms with Crippen molar-refractivity contribution < 1.29 is 24.9 Å². The second kappa shape index (κ2) is 7.53. The fourth-order valence-corrected chi connectivity index (χ4v) is 3.66. The third-order valence-electron chi connectivity index (χ3n) is 4.01. The van der Waals surface area contributed by atoms with Crippen LogP contribution in [0.4, 0.5) is 0 Å². The van der Waals surface area contributed by atoms with Crippen LogP contribution >= 0.6 is 11.8 Å². The summed E-state index contributed by atoms with van der Waals surface area (Å²) in [4.78, 5) is 15.8. The summed E-state index contributed by atoms with van der Waals surface area (Å²) in [6, 6.07) is 10.7. The number of nitrogens with zero attached hydrogens (tertiary/aromatic N) is 1. The molecule has 3 rings (SSSR count). The van der Waals surface area contributed by atoms with Gasteiger partial charge in [-0.15, -0.1) is 11.8 Å². The number of ketones is 1. The first kappa shape index (κ1) is 17.9. The molecule has 0 spiro atoms. The fourth-order valence-electron chi connectivity index (χ4n) is 2.54. The molecule has 0 radical (unpaired) electrons. The molecule has 1 aliphatic rings. The van der Waals surface area contributed by atoms with Crippen molar-refractivity contribution in [2.45, 2.75) is 30.7 Å². The number of hydrogen-bond acceptors (Lipinski definition) is 7. The topological polar surface area (TPSA) is 99.9 Å². The average molecular weight is 361 g/mol. The van der Waals surface area contributed by atoms with Crippen molar-refractivity contribution in [3.63, 3.8) is 0 Å². The smallest absolute Gasteiger partial charge is 0.173 e. The molecule has 1 aromatic carbocycles. The number of aromatic nitrogens is 1. The Labute approximate surface area is 149 Å². The Morgan fingerprint density at radius 1 is 1.20 bits per heavy atom. The molecule has 2 aromatic rings. The molecule has 4 atom stereocenters. The molecule has 0 amide bonds. The van der Waals surface area contributed by atoms with E-state index in [9.17, 15) is 20.1 Å². The molecule has 6 nitrogen and oxygen atoms in total. The highest BCUT2D eigenvalue weighted by Crippen LogP contribution is 2.29. The van der Waals surface area contributed by atoms with Crippen LogP contribution in [-0.2, 0) is 0 Å². The molecule has 0 saturated carbocycles. The average Bonchev–Trinajstić information content (AvgIpc) is 2.63. The van der Waals surface area contributed by atoms with Crippen LogP contribution in [0.3, 0.4) is 0 Å². The van der Waals surface area contributed by atoms with Crippen molar-refractivity contribution in [3.8, 4) is 17.0 Å². The number of Topliss-reactive ketones (excluding diaryl/α,β-unsaturated/α-hetero) is 1. The van der Waals surface area contributed by atoms with Crippen LogP contribution in [0.15, 0.2) is 42.6 Å². The van der Waals surface area contributed by atoms with Gasteiger partial charge in [-0.1, -0.05) is 18.2 Å². The molecule has 1 aromatic heterocycles. The van der Waals surface area contributed by atoms with E-state index in [-0.39, 0.29) is 11.5 Å². The molecule has 0 unspecified atom stereocenters. The first-order valence-corrected chi connectivity index (χ1v) is 8.90. The second-order valence-electron chi connectivity index (χ2n) is 5.88. The number of aliphatic hydroxyl groups excluding tert-OH is 3. The summed E-state index contributed by atoms with van der Waals surface area (Å²) in [6.45, 7) is 1.52. The predicted octanol–water partition coefficient (Wildman–Crippen LogP) is 1.49. The van der Waals surface area contributed by atoms with Gasteiger partial charge in [0.25, 0.3) is 0 Å². The normalized spacial score (nSPS) is 26.2. The maximum Gasteiger partial charge on any atom is 0.173 e. The lowest BCUT2D eigenvalue weighted by Gasteiger charge is -2.34. The fraction of sp³-hybridized carbons (Fsp3) is 0.333. The Morgan fingerprint density at radius 3 is 2.68 bits per heavy atom. The molecule has 7 heteroatoms. The molecular weight excluding hydrogens is 342 g/mol. The first-order chi connectivity index (χ1) is 12.0. The molecule has 2 heterocycles. The molecule has 25 heavy (non-hydrogen) atoms. The molecule has 3 N–H and O–H groups in total. The second-order valence-corrected chi connectivity index (χ2v) is 7.02. The number of benzene rings is 1. The zero-order chi connectivity index (χ0) is 18.0. The highest BCUT2D eigenvalue weighted by atomic mass is 32.2. The minimum absolute atomic E-state index is 0.00846. The first-order valence-electron chi connectivity index (χ1n) is 7.85. The van der Waals surface area contributed by atoms with Gasteiger partial charge < -0.3 is 20.1 Å². The number of thioether (sulfide) groups is 1. The van der Waals surface area contributed by atoms with Crippen molar-refractivity contribution >= 4 is 17.5 Å². The van der Waals surface area contributed by atoms with Crippen molar-refractivity contribution in [3.05, 3.63) is 48.2 Å². The minimum Gasteiger partial charge on any atom is -0.475 e. The molecule has 1 saturated heterocycles. The van der Waals surface area contributed by atoms with E-state index in [0.29, 0.717) is 17.0 Å². The number of pyridine rings is 1. The summed E-state index contributed by atoms with van der Waals surface area (Å²) in [6.07, 6.45) is -1.84. The quantitative estimate of drug-likeness (QED) is 0.709. The number of carbonyl (C=O) groups excluding carboxylic acids is 1. The van der Waals surface area contributed by atoms with Gasteiger partial charge in [-0.3, -0.25) is 9.78 Å². The molecule has 0 bridgehead atoms. The zero-order valence-electron chi connectivity index (χ0n) is 13.6. The summed E-state index contributed by atoms with van der Waals surface area (Å²) in [5.41, 5.74) is 1.47. The number of hydrogen-bond donors (Lipinski definition) is 3. The van der Waals surface area contributed by atoms with Gasteiger partial charge >= 0.3 is 0 Å². The summed E-state index contributed by atoms with van der Waals surface area (Å²) < 4.78 is 5.66. The number of aliphatic hydroxyl groups is 3. The lowest BCUT2D eigenvalue weighted by molar-refractivity contribution is -0.0786. The molecule has 1 aliphatic heterocycles. The third-order valence-corrected chi connectivity index (χ3v) is 5.25. The van der Waals surface area contributed by atoms with Crippen LogP contribution in [-0.4, -0.2) is 55.6 Å². The van der Waals surface area contributed by atoms with Gasteiger partial charge in [0.2, 0.25) is 0 Å². The van der Waals surface area contributed by atoms with E-state index in [1.165, 1.54) is 24.9 Å². The van der Waals surface area contributed by atoms with Crippen LogP contribution in [0.1, 0.15) is 17.3 Å².